The van der Waals surface area contributed by atoms with Gasteiger partial charge in [0.25, 0.3) is 11.8 Å². The van der Waals surface area contributed by atoms with E-state index in [9.17, 15) is 19.2 Å². The molecule has 0 radical (unpaired) electrons. The molecule has 4 amide bonds. The van der Waals surface area contributed by atoms with Crippen LogP contribution in [0.4, 0.5) is 5.69 Å². The van der Waals surface area contributed by atoms with Gasteiger partial charge in [-0.25, -0.2) is 3.11 Å². The Balaban J connectivity index is 1.60. The van der Waals surface area contributed by atoms with Gasteiger partial charge in [-0.3, -0.25) is 29.4 Å². The third-order valence-corrected chi connectivity index (χ3v) is 5.98. The van der Waals surface area contributed by atoms with Gasteiger partial charge in [-0.15, -0.1) is 0 Å². The lowest BCUT2D eigenvalue weighted by Crippen LogP contribution is -2.54. The summed E-state index contributed by atoms with van der Waals surface area (Å²) in [6.07, 6.45) is 0.288. The zero-order valence-electron chi connectivity index (χ0n) is 13.9. The summed E-state index contributed by atoms with van der Waals surface area (Å²) >= 11 is 2.29. The molecule has 8 nitrogen and oxygen atoms in total. The molecule has 0 spiro atoms. The summed E-state index contributed by atoms with van der Waals surface area (Å²) in [4.78, 5) is 52.1. The quantitative estimate of drug-likeness (QED) is 0.388. The molecule has 0 saturated carbocycles. The Hall–Kier alpha value is -2.01. The van der Waals surface area contributed by atoms with E-state index in [4.69, 9.17) is 0 Å². The van der Waals surface area contributed by atoms with E-state index in [0.717, 1.165) is 36.8 Å². The van der Waals surface area contributed by atoms with Crippen LogP contribution in [0.5, 0.6) is 0 Å². The maximum Gasteiger partial charge on any atom is 0.262 e. The number of benzene rings is 1. The van der Waals surface area contributed by atoms with Crippen molar-refractivity contribution in [1.82, 2.24) is 13.3 Å². The van der Waals surface area contributed by atoms with E-state index in [1.165, 1.54) is 0 Å². The van der Waals surface area contributed by atoms with E-state index in [0.29, 0.717) is 11.1 Å². The molecule has 0 aliphatic carbocycles. The number of amides is 4. The van der Waals surface area contributed by atoms with Crippen LogP contribution in [0.1, 0.15) is 33.6 Å². The number of piperidine rings is 1. The third kappa shape index (κ3) is 2.88. The molecule has 26 heavy (non-hydrogen) atoms. The van der Waals surface area contributed by atoms with Crippen LogP contribution >= 0.6 is 22.9 Å². The summed E-state index contributed by atoms with van der Waals surface area (Å²) in [6, 6.07) is 4.32. The highest BCUT2D eigenvalue weighted by Crippen LogP contribution is 2.31. The number of carbonyl (C=O) groups excluding carboxylic acids is 4. The number of piperazine rings is 1. The second-order valence-electron chi connectivity index (χ2n) is 6.57. The van der Waals surface area contributed by atoms with E-state index in [2.05, 4.69) is 36.2 Å². The van der Waals surface area contributed by atoms with Gasteiger partial charge in [0.15, 0.2) is 0 Å². The lowest BCUT2D eigenvalue weighted by Gasteiger charge is -2.33. The molecule has 4 rings (SSSR count). The first-order valence-electron chi connectivity index (χ1n) is 8.47. The first-order chi connectivity index (χ1) is 12.5. The lowest BCUT2D eigenvalue weighted by atomic mass is 10.0. The summed E-state index contributed by atoms with van der Waals surface area (Å²) in [5.74, 6) is -1.90. The number of fused-ring (bicyclic) bond motifs is 1. The van der Waals surface area contributed by atoms with Crippen molar-refractivity contribution < 1.29 is 19.2 Å². The van der Waals surface area contributed by atoms with Crippen molar-refractivity contribution in [2.45, 2.75) is 18.9 Å². The van der Waals surface area contributed by atoms with E-state index in [1.54, 1.807) is 12.1 Å². The van der Waals surface area contributed by atoms with Crippen LogP contribution < -0.4 is 10.2 Å². The van der Waals surface area contributed by atoms with Crippen LogP contribution in [0.3, 0.4) is 0 Å². The molecule has 1 atom stereocenters. The van der Waals surface area contributed by atoms with E-state index in [1.807, 2.05) is 6.07 Å². The fourth-order valence-corrected chi connectivity index (χ4v) is 4.03. The average Bonchev–Trinajstić information content (AvgIpc) is 2.87. The van der Waals surface area contributed by atoms with Gasteiger partial charge in [0.05, 0.1) is 11.1 Å². The van der Waals surface area contributed by atoms with Gasteiger partial charge < -0.3 is 4.90 Å². The molecule has 3 heterocycles. The number of nitrogens with zero attached hydrogens (tertiary/aromatic N) is 3. The summed E-state index contributed by atoms with van der Waals surface area (Å²) in [5, 5.41) is 2.20. The van der Waals surface area contributed by atoms with Crippen LogP contribution in [0, 0.1) is 0 Å². The standard InChI is InChI=1S/C17H17IN4O4/c18-21-7-5-20(6-8-21)10-1-2-11-12(9-10)17(26)22(16(11)25)13-3-4-14(23)19-15(13)24/h1-2,9,13H,3-8H2,(H,19,23,24). The van der Waals surface area contributed by atoms with Gasteiger partial charge >= 0.3 is 0 Å². The average molecular weight is 468 g/mol. The van der Waals surface area contributed by atoms with Crippen molar-refractivity contribution in [2.24, 2.45) is 0 Å². The first-order valence-corrected chi connectivity index (χ1v) is 9.43. The van der Waals surface area contributed by atoms with Crippen LogP contribution in [-0.4, -0.2) is 63.9 Å². The molecule has 3 aliphatic rings. The summed E-state index contributed by atoms with van der Waals surface area (Å²) < 4.78 is 2.21. The summed E-state index contributed by atoms with van der Waals surface area (Å²) in [6.45, 7) is 3.54. The molecule has 3 aliphatic heterocycles. The van der Waals surface area contributed by atoms with Crippen molar-refractivity contribution in [3.8, 4) is 0 Å². The molecule has 1 aromatic rings. The number of anilines is 1. The number of hydrogen-bond acceptors (Lipinski definition) is 6. The SMILES string of the molecule is O=C1CCC(N2C(=O)c3ccc(N4CCN(I)CC4)cc3C2=O)C(=O)N1. The maximum absolute atomic E-state index is 12.8. The number of carbonyl (C=O) groups is 4. The molecule has 0 aromatic heterocycles. The van der Waals surface area contributed by atoms with Gasteiger partial charge in [-0.1, -0.05) is 0 Å². The van der Waals surface area contributed by atoms with Crippen LogP contribution in [0.2, 0.25) is 0 Å². The number of hydrogen-bond donors (Lipinski definition) is 1. The molecular weight excluding hydrogens is 451 g/mol. The van der Waals surface area contributed by atoms with E-state index in [-0.39, 0.29) is 18.7 Å². The Morgan fingerprint density at radius 1 is 0.962 bits per heavy atom. The molecule has 1 unspecified atom stereocenters. The Kier molecular flexibility index (Phi) is 4.43. The van der Waals surface area contributed by atoms with Crippen LogP contribution in [-0.2, 0) is 9.59 Å². The fraction of sp³-hybridized carbons (Fsp3) is 0.412. The number of halogens is 1. The monoisotopic (exact) mass is 468 g/mol. The van der Waals surface area contributed by atoms with Gasteiger partial charge in [0, 0.05) is 61.2 Å². The van der Waals surface area contributed by atoms with Crippen molar-refractivity contribution in [2.75, 3.05) is 31.1 Å². The molecule has 0 bridgehead atoms. The predicted octanol–water partition coefficient (Wildman–Crippen LogP) is 0.560. The second-order valence-corrected chi connectivity index (χ2v) is 7.94. The highest BCUT2D eigenvalue weighted by atomic mass is 127. The first kappa shape index (κ1) is 17.4. The van der Waals surface area contributed by atoms with Gasteiger partial charge in [-0.05, 0) is 24.6 Å². The number of nitrogens with one attached hydrogen (secondary N) is 1. The zero-order chi connectivity index (χ0) is 18.4. The van der Waals surface area contributed by atoms with Crippen molar-refractivity contribution >= 4 is 52.2 Å². The highest BCUT2D eigenvalue weighted by molar-refractivity contribution is 14.1. The number of imide groups is 2. The molecule has 2 fully saturated rings. The number of rotatable bonds is 2. The molecule has 1 N–H and O–H groups in total. The summed E-state index contributed by atoms with van der Waals surface area (Å²) in [7, 11) is 0. The molecule has 1 aromatic carbocycles. The minimum absolute atomic E-state index is 0.121. The van der Waals surface area contributed by atoms with E-state index >= 15 is 0 Å². The van der Waals surface area contributed by atoms with Crippen molar-refractivity contribution in [1.29, 1.82) is 0 Å². The molecule has 2 saturated heterocycles. The van der Waals surface area contributed by atoms with E-state index < -0.39 is 23.8 Å². The minimum Gasteiger partial charge on any atom is -0.369 e. The Bertz CT molecular complexity index is 819. The normalized spacial score (nSPS) is 24.1. The molecule has 136 valence electrons. The van der Waals surface area contributed by atoms with Crippen molar-refractivity contribution in [3.05, 3.63) is 29.3 Å². The predicted molar refractivity (Wildman–Crippen MR) is 101 cm³/mol. The lowest BCUT2D eigenvalue weighted by molar-refractivity contribution is -0.136. The van der Waals surface area contributed by atoms with Gasteiger partial charge in [-0.2, -0.15) is 0 Å². The molecule has 9 heteroatoms. The smallest absolute Gasteiger partial charge is 0.262 e. The maximum atomic E-state index is 12.8. The highest BCUT2D eigenvalue weighted by Gasteiger charge is 2.44. The zero-order valence-corrected chi connectivity index (χ0v) is 16.1. The summed E-state index contributed by atoms with van der Waals surface area (Å²) in [5.41, 5.74) is 1.55. The largest absolute Gasteiger partial charge is 0.369 e. The second kappa shape index (κ2) is 6.62. The Morgan fingerprint density at radius 2 is 1.65 bits per heavy atom. The third-order valence-electron chi connectivity index (χ3n) is 5.01. The Morgan fingerprint density at radius 3 is 2.35 bits per heavy atom. The van der Waals surface area contributed by atoms with Crippen molar-refractivity contribution in [3.63, 3.8) is 0 Å². The van der Waals surface area contributed by atoms with Gasteiger partial charge in [0.2, 0.25) is 11.8 Å². The topological polar surface area (TPSA) is 90.0 Å². The van der Waals surface area contributed by atoms with Crippen LogP contribution in [0.25, 0.3) is 0 Å². The van der Waals surface area contributed by atoms with Crippen LogP contribution in [0.15, 0.2) is 18.2 Å². The van der Waals surface area contributed by atoms with Gasteiger partial charge in [0.1, 0.15) is 6.04 Å². The molecular formula is C17H17IN4O4. The fourth-order valence-electron chi connectivity index (χ4n) is 3.60. The minimum atomic E-state index is -0.925. The Labute approximate surface area is 164 Å².